The van der Waals surface area contributed by atoms with Crippen LogP contribution in [0.5, 0.6) is 11.5 Å². The van der Waals surface area contributed by atoms with Crippen LogP contribution in [0.2, 0.25) is 0 Å². The van der Waals surface area contributed by atoms with E-state index in [2.05, 4.69) is 11.4 Å². The average molecular weight is 350 g/mol. The van der Waals surface area contributed by atoms with Gasteiger partial charge in [-0.05, 0) is 53.8 Å². The molecule has 3 rings (SSSR count). The van der Waals surface area contributed by atoms with Crippen molar-refractivity contribution in [3.05, 3.63) is 47.0 Å². The van der Waals surface area contributed by atoms with Crippen molar-refractivity contribution in [1.29, 1.82) is 0 Å². The van der Waals surface area contributed by atoms with Crippen LogP contribution in [0, 0.1) is 6.92 Å². The summed E-state index contributed by atoms with van der Waals surface area (Å²) in [4.78, 5) is 0. The van der Waals surface area contributed by atoms with Gasteiger partial charge in [0.1, 0.15) is 11.5 Å². The maximum Gasteiger partial charge on any atom is 0.126 e. The molecule has 0 saturated heterocycles. The van der Waals surface area contributed by atoms with E-state index in [9.17, 15) is 5.11 Å². The number of benzene rings is 2. The highest BCUT2D eigenvalue weighted by Gasteiger charge is 2.23. The van der Waals surface area contributed by atoms with Crippen LogP contribution in [0.3, 0.4) is 0 Å². The largest absolute Gasteiger partial charge is 0.508 e. The summed E-state index contributed by atoms with van der Waals surface area (Å²) in [6.45, 7) is 3.43. The summed E-state index contributed by atoms with van der Waals surface area (Å²) in [6, 6.07) is 10.2. The van der Waals surface area contributed by atoms with Crippen LogP contribution in [0.25, 0.3) is 11.1 Å². The van der Waals surface area contributed by atoms with E-state index in [4.69, 9.17) is 9.47 Å². The number of aryl methyl sites for hydroxylation is 1. The fourth-order valence-corrected chi connectivity index (χ4v) is 3.26. The first-order valence-electron chi connectivity index (χ1n) is 7.85. The highest BCUT2D eigenvalue weighted by molar-refractivity contribution is 5.85. The van der Waals surface area contributed by atoms with Crippen molar-refractivity contribution in [2.45, 2.75) is 25.9 Å². The Kier molecular flexibility index (Phi) is 6.10. The molecular formula is C19H24ClNO3. The second kappa shape index (κ2) is 7.88. The van der Waals surface area contributed by atoms with Crippen LogP contribution in [-0.4, -0.2) is 32.0 Å². The van der Waals surface area contributed by atoms with Crippen molar-refractivity contribution in [3.8, 4) is 22.6 Å². The zero-order valence-corrected chi connectivity index (χ0v) is 15.1. The van der Waals surface area contributed by atoms with Gasteiger partial charge in [0.2, 0.25) is 0 Å². The van der Waals surface area contributed by atoms with Gasteiger partial charge in [-0.25, -0.2) is 0 Å². The summed E-state index contributed by atoms with van der Waals surface area (Å²) in [5.74, 6) is 1.18. The van der Waals surface area contributed by atoms with Crippen molar-refractivity contribution in [1.82, 2.24) is 5.32 Å². The third-order valence-electron chi connectivity index (χ3n) is 4.48. The van der Waals surface area contributed by atoms with E-state index in [0.29, 0.717) is 18.4 Å². The maximum absolute atomic E-state index is 9.81. The first-order chi connectivity index (χ1) is 11.1. The molecule has 4 nitrogen and oxygen atoms in total. The molecule has 24 heavy (non-hydrogen) atoms. The smallest absolute Gasteiger partial charge is 0.126 e. The van der Waals surface area contributed by atoms with Crippen molar-refractivity contribution < 1.29 is 14.6 Å². The van der Waals surface area contributed by atoms with Crippen LogP contribution >= 0.6 is 12.4 Å². The summed E-state index contributed by atoms with van der Waals surface area (Å²) >= 11 is 0. The molecule has 0 saturated carbocycles. The van der Waals surface area contributed by atoms with E-state index in [1.54, 1.807) is 20.3 Å². The van der Waals surface area contributed by atoms with Gasteiger partial charge in [-0.1, -0.05) is 12.1 Å². The van der Waals surface area contributed by atoms with Gasteiger partial charge in [0.15, 0.2) is 0 Å². The molecule has 5 heteroatoms. The van der Waals surface area contributed by atoms with E-state index in [-0.39, 0.29) is 12.4 Å². The Labute approximate surface area is 149 Å². The summed E-state index contributed by atoms with van der Waals surface area (Å²) in [5.41, 5.74) is 5.65. The van der Waals surface area contributed by atoms with Crippen LogP contribution in [0.15, 0.2) is 30.3 Å². The minimum atomic E-state index is 0. The van der Waals surface area contributed by atoms with Crippen molar-refractivity contribution >= 4 is 12.4 Å². The Balaban J connectivity index is 0.00000208. The summed E-state index contributed by atoms with van der Waals surface area (Å²) in [7, 11) is 3.43. The van der Waals surface area contributed by atoms with Gasteiger partial charge < -0.3 is 19.9 Å². The summed E-state index contributed by atoms with van der Waals surface area (Å²) in [5, 5.41) is 13.3. The number of methoxy groups -OCH3 is 2. The zero-order chi connectivity index (χ0) is 16.4. The van der Waals surface area contributed by atoms with Gasteiger partial charge in [0.05, 0.1) is 13.7 Å². The molecule has 1 atom stereocenters. The third-order valence-corrected chi connectivity index (χ3v) is 4.48. The monoisotopic (exact) mass is 349 g/mol. The maximum atomic E-state index is 9.81. The average Bonchev–Trinajstić information content (AvgIpc) is 2.56. The Morgan fingerprint density at radius 1 is 1.21 bits per heavy atom. The molecule has 0 aromatic heterocycles. The van der Waals surface area contributed by atoms with Crippen molar-refractivity contribution in [3.63, 3.8) is 0 Å². The molecule has 0 aliphatic carbocycles. The number of phenolic OH excluding ortho intramolecular Hbond substituents is 1. The normalized spacial score (nSPS) is 16.2. The van der Waals surface area contributed by atoms with Gasteiger partial charge in [-0.3, -0.25) is 0 Å². The molecule has 2 aromatic rings. The van der Waals surface area contributed by atoms with Crippen LogP contribution in [0.4, 0.5) is 0 Å². The molecular weight excluding hydrogens is 326 g/mol. The highest BCUT2D eigenvalue weighted by Crippen LogP contribution is 2.38. The van der Waals surface area contributed by atoms with Gasteiger partial charge in [-0.2, -0.15) is 0 Å². The molecule has 0 radical (unpaired) electrons. The van der Waals surface area contributed by atoms with E-state index < -0.39 is 0 Å². The molecule has 0 amide bonds. The predicted octanol–water partition coefficient (Wildman–Crippen LogP) is 3.46. The van der Waals surface area contributed by atoms with Crippen molar-refractivity contribution in [2.75, 3.05) is 20.8 Å². The number of aromatic hydroxyl groups is 1. The van der Waals surface area contributed by atoms with E-state index in [1.807, 2.05) is 25.1 Å². The zero-order valence-electron chi connectivity index (χ0n) is 14.3. The topological polar surface area (TPSA) is 50.7 Å². The first kappa shape index (κ1) is 18.6. The van der Waals surface area contributed by atoms with Crippen LogP contribution in [-0.2, 0) is 17.7 Å². The standard InChI is InChI=1S/C19H23NO3.ClH/c1-12-8-13(4-6-17(12)21)19-16-9-15(11-22-2)20-10-14(16)5-7-18(19)23-3;/h4-8,15,20-21H,9-11H2,1-3H3;1H. The van der Waals surface area contributed by atoms with E-state index in [0.717, 1.165) is 35.4 Å². The van der Waals surface area contributed by atoms with Crippen LogP contribution < -0.4 is 10.1 Å². The molecule has 2 aromatic carbocycles. The minimum absolute atomic E-state index is 0. The Morgan fingerprint density at radius 2 is 2.00 bits per heavy atom. The highest BCUT2D eigenvalue weighted by atomic mass is 35.5. The molecule has 1 aliphatic rings. The Hall–Kier alpha value is -1.75. The molecule has 0 bridgehead atoms. The lowest BCUT2D eigenvalue weighted by atomic mass is 9.87. The SMILES string of the molecule is COCC1Cc2c(ccc(OC)c2-c2ccc(O)c(C)c2)CN1.Cl. The van der Waals surface area contributed by atoms with Crippen LogP contribution in [0.1, 0.15) is 16.7 Å². The molecule has 1 unspecified atom stereocenters. The minimum Gasteiger partial charge on any atom is -0.508 e. The number of phenols is 1. The fourth-order valence-electron chi connectivity index (χ4n) is 3.26. The molecule has 130 valence electrons. The van der Waals surface area contributed by atoms with E-state index >= 15 is 0 Å². The lowest BCUT2D eigenvalue weighted by Crippen LogP contribution is -2.39. The number of rotatable bonds is 4. The fraction of sp³-hybridized carbons (Fsp3) is 0.368. The summed E-state index contributed by atoms with van der Waals surface area (Å²) < 4.78 is 10.9. The van der Waals surface area contributed by atoms with Gasteiger partial charge >= 0.3 is 0 Å². The summed E-state index contributed by atoms with van der Waals surface area (Å²) in [6.07, 6.45) is 0.898. The molecule has 2 N–H and O–H groups in total. The number of ether oxygens (including phenoxy) is 2. The van der Waals surface area contributed by atoms with Gasteiger partial charge in [-0.15, -0.1) is 12.4 Å². The van der Waals surface area contributed by atoms with E-state index in [1.165, 1.54) is 11.1 Å². The quantitative estimate of drug-likeness (QED) is 0.887. The number of fused-ring (bicyclic) bond motifs is 1. The molecule has 0 spiro atoms. The number of nitrogens with one attached hydrogen (secondary N) is 1. The predicted molar refractivity (Wildman–Crippen MR) is 98.3 cm³/mol. The number of hydrogen-bond acceptors (Lipinski definition) is 4. The lowest BCUT2D eigenvalue weighted by molar-refractivity contribution is 0.162. The second-order valence-electron chi connectivity index (χ2n) is 6.02. The number of hydrogen-bond donors (Lipinski definition) is 2. The lowest BCUT2D eigenvalue weighted by Gasteiger charge is -2.28. The Bertz CT molecular complexity index is 718. The van der Waals surface area contributed by atoms with Crippen molar-refractivity contribution in [2.24, 2.45) is 0 Å². The molecule has 0 fully saturated rings. The number of halogens is 1. The second-order valence-corrected chi connectivity index (χ2v) is 6.02. The molecule has 1 heterocycles. The van der Waals surface area contributed by atoms with Gasteiger partial charge in [0, 0.05) is 25.3 Å². The Morgan fingerprint density at radius 3 is 2.67 bits per heavy atom. The third kappa shape index (κ3) is 3.51. The van der Waals surface area contributed by atoms with Gasteiger partial charge in [0.25, 0.3) is 0 Å². The molecule has 1 aliphatic heterocycles. The first-order valence-corrected chi connectivity index (χ1v) is 7.85.